The van der Waals surface area contributed by atoms with Crippen molar-refractivity contribution in [1.82, 2.24) is 0 Å². The smallest absolute Gasteiger partial charge is 0.160 e. The molecule has 0 atom stereocenters. The molecule has 0 unspecified atom stereocenters. The Labute approximate surface area is 99.5 Å². The van der Waals surface area contributed by atoms with Gasteiger partial charge in [0, 0.05) is 11.1 Å². The highest BCUT2D eigenvalue weighted by atomic mass is 19.1. The number of Topliss-reactive ketones (excluding diaryl/α,β-unsaturated/α-hetero) is 1. The molecule has 0 saturated heterocycles. The Morgan fingerprint density at radius 3 is 2.29 bits per heavy atom. The van der Waals surface area contributed by atoms with E-state index in [1.54, 1.807) is 13.0 Å². The van der Waals surface area contributed by atoms with Crippen LogP contribution >= 0.6 is 0 Å². The molecule has 1 aromatic carbocycles. The topological polar surface area (TPSA) is 17.1 Å². The quantitative estimate of drug-likeness (QED) is 0.576. The average Bonchev–Trinajstić information content (AvgIpc) is 2.24. The van der Waals surface area contributed by atoms with Gasteiger partial charge in [0.05, 0.1) is 0 Å². The van der Waals surface area contributed by atoms with E-state index in [4.69, 9.17) is 0 Å². The lowest BCUT2D eigenvalue weighted by Gasteiger charge is -2.12. The summed E-state index contributed by atoms with van der Waals surface area (Å²) in [6.07, 6.45) is 1.55. The van der Waals surface area contributed by atoms with Crippen LogP contribution in [0.5, 0.6) is 0 Å². The predicted octanol–water partition coefficient (Wildman–Crippen LogP) is 3.82. The summed E-state index contributed by atoms with van der Waals surface area (Å²) in [5.41, 5.74) is 0.746. The minimum atomic E-state index is -0.575. The molecule has 0 saturated carbocycles. The number of halogens is 2. The molecule has 3 heteroatoms. The molecule has 1 nitrogen and oxygen atoms in total. The summed E-state index contributed by atoms with van der Waals surface area (Å²) < 4.78 is 27.1. The van der Waals surface area contributed by atoms with Crippen molar-refractivity contribution >= 4 is 11.4 Å². The summed E-state index contributed by atoms with van der Waals surface area (Å²) >= 11 is 0. The summed E-state index contributed by atoms with van der Waals surface area (Å²) in [5.74, 6) is -1.31. The monoisotopic (exact) mass is 236 g/mol. The molecule has 1 aromatic rings. The van der Waals surface area contributed by atoms with Crippen molar-refractivity contribution < 1.29 is 13.6 Å². The molecule has 90 valence electrons. The molecule has 0 aliphatic heterocycles. The number of benzene rings is 1. The molecule has 0 heterocycles. The number of rotatable bonds is 3. The zero-order valence-corrected chi connectivity index (χ0v) is 10.1. The minimum Gasteiger partial charge on any atom is -0.295 e. The van der Waals surface area contributed by atoms with Gasteiger partial charge in [-0.2, -0.15) is 0 Å². The molecule has 0 bridgehead atoms. The van der Waals surface area contributed by atoms with Gasteiger partial charge >= 0.3 is 0 Å². The number of carbonyl (C=O) groups excluding carboxylic acids is 1. The molecule has 0 fully saturated rings. The first-order valence-electron chi connectivity index (χ1n) is 5.21. The number of ketones is 1. The Bertz CT molecular complexity index is 513. The van der Waals surface area contributed by atoms with Crippen LogP contribution in [0.2, 0.25) is 0 Å². The first-order valence-corrected chi connectivity index (χ1v) is 5.21. The number of hydrogen-bond donors (Lipinski definition) is 0. The van der Waals surface area contributed by atoms with E-state index < -0.39 is 11.6 Å². The summed E-state index contributed by atoms with van der Waals surface area (Å²) in [6.45, 7) is 8.18. The van der Waals surface area contributed by atoms with Gasteiger partial charge in [0.1, 0.15) is 11.6 Å². The van der Waals surface area contributed by atoms with Crippen molar-refractivity contribution in [2.45, 2.75) is 20.8 Å². The van der Waals surface area contributed by atoms with Gasteiger partial charge in [-0.15, -0.1) is 0 Å². The first kappa shape index (κ1) is 13.3. The van der Waals surface area contributed by atoms with Crippen molar-refractivity contribution in [3.05, 3.63) is 53.1 Å². The van der Waals surface area contributed by atoms with Gasteiger partial charge in [0.15, 0.2) is 5.78 Å². The zero-order chi connectivity index (χ0) is 13.2. The maximum absolute atomic E-state index is 13.7. The normalized spacial score (nSPS) is 11.5. The van der Waals surface area contributed by atoms with E-state index >= 15 is 0 Å². The lowest BCUT2D eigenvalue weighted by atomic mass is 9.93. The molecule has 0 aromatic heterocycles. The van der Waals surface area contributed by atoms with Crippen LogP contribution in [0.3, 0.4) is 0 Å². The van der Waals surface area contributed by atoms with Gasteiger partial charge in [-0.25, -0.2) is 8.78 Å². The van der Waals surface area contributed by atoms with Gasteiger partial charge in [-0.3, -0.25) is 4.79 Å². The molecule has 0 spiro atoms. The van der Waals surface area contributed by atoms with Gasteiger partial charge in [-0.05, 0) is 44.0 Å². The highest BCUT2D eigenvalue weighted by Crippen LogP contribution is 2.28. The fourth-order valence-electron chi connectivity index (χ4n) is 1.75. The van der Waals surface area contributed by atoms with Gasteiger partial charge in [0.25, 0.3) is 0 Å². The Kier molecular flexibility index (Phi) is 3.94. The average molecular weight is 236 g/mol. The van der Waals surface area contributed by atoms with Crippen LogP contribution in [0.15, 0.2) is 30.4 Å². The fraction of sp³-hybridized carbons (Fsp3) is 0.214. The van der Waals surface area contributed by atoms with E-state index in [0.717, 1.165) is 12.1 Å². The van der Waals surface area contributed by atoms with E-state index in [1.165, 1.54) is 13.8 Å². The number of hydrogen-bond acceptors (Lipinski definition) is 1. The zero-order valence-electron chi connectivity index (χ0n) is 10.1. The Morgan fingerprint density at radius 1 is 1.29 bits per heavy atom. The second-order valence-corrected chi connectivity index (χ2v) is 3.77. The lowest BCUT2D eigenvalue weighted by Crippen LogP contribution is -2.03. The maximum atomic E-state index is 13.7. The summed E-state index contributed by atoms with van der Waals surface area (Å²) in [6, 6.07) is 2.10. The Hall–Kier alpha value is -1.77. The van der Waals surface area contributed by atoms with Crippen molar-refractivity contribution in [2.75, 3.05) is 0 Å². The highest BCUT2D eigenvalue weighted by Gasteiger charge is 2.17. The van der Waals surface area contributed by atoms with Gasteiger partial charge in [0.2, 0.25) is 0 Å². The van der Waals surface area contributed by atoms with Crippen molar-refractivity contribution in [1.29, 1.82) is 0 Å². The third-order valence-electron chi connectivity index (χ3n) is 2.64. The molecule has 0 aliphatic carbocycles. The number of carbonyl (C=O) groups is 1. The Balaban J connectivity index is 3.40. The number of allylic oxidation sites excluding steroid dienone is 3. The highest BCUT2D eigenvalue weighted by molar-refractivity contribution is 6.08. The predicted molar refractivity (Wildman–Crippen MR) is 64.6 cm³/mol. The van der Waals surface area contributed by atoms with E-state index in [-0.39, 0.29) is 22.5 Å². The largest absolute Gasteiger partial charge is 0.295 e. The van der Waals surface area contributed by atoms with Gasteiger partial charge in [-0.1, -0.05) is 12.7 Å². The molecule has 1 rings (SSSR count). The van der Waals surface area contributed by atoms with Crippen molar-refractivity contribution in [3.8, 4) is 0 Å². The minimum absolute atomic E-state index is 0.0632. The second kappa shape index (κ2) is 5.04. The summed E-state index contributed by atoms with van der Waals surface area (Å²) in [4.78, 5) is 11.4. The molecular weight excluding hydrogens is 222 g/mol. The second-order valence-electron chi connectivity index (χ2n) is 3.77. The first-order chi connectivity index (χ1) is 7.90. The van der Waals surface area contributed by atoms with Crippen LogP contribution in [-0.2, 0) is 4.79 Å². The van der Waals surface area contributed by atoms with Crippen LogP contribution in [-0.4, -0.2) is 5.78 Å². The van der Waals surface area contributed by atoms with E-state index in [0.29, 0.717) is 5.57 Å². The van der Waals surface area contributed by atoms with Crippen LogP contribution in [0.25, 0.3) is 5.57 Å². The molecule has 0 amide bonds. The van der Waals surface area contributed by atoms with Crippen molar-refractivity contribution in [3.63, 3.8) is 0 Å². The molecule has 0 N–H and O–H groups in total. The van der Waals surface area contributed by atoms with E-state index in [2.05, 4.69) is 6.58 Å². The van der Waals surface area contributed by atoms with Crippen LogP contribution in [0.4, 0.5) is 8.78 Å². The van der Waals surface area contributed by atoms with E-state index in [1.807, 2.05) is 0 Å². The molecule has 0 radical (unpaired) electrons. The van der Waals surface area contributed by atoms with Crippen LogP contribution in [0.1, 0.15) is 25.0 Å². The van der Waals surface area contributed by atoms with E-state index in [9.17, 15) is 13.6 Å². The third-order valence-corrected chi connectivity index (χ3v) is 2.64. The van der Waals surface area contributed by atoms with Gasteiger partial charge < -0.3 is 0 Å². The van der Waals surface area contributed by atoms with Crippen LogP contribution < -0.4 is 0 Å². The summed E-state index contributed by atoms with van der Waals surface area (Å²) in [5, 5.41) is 0. The van der Waals surface area contributed by atoms with Crippen LogP contribution in [0, 0.1) is 18.6 Å². The lowest BCUT2D eigenvalue weighted by molar-refractivity contribution is -0.113. The third kappa shape index (κ3) is 2.49. The standard InChI is InChI=1S/C14H14F2O/c1-5-11(10(4)17)8(2)14-9(3)12(15)6-7-13(14)16/h5-7H,2H2,1,3-4H3/b11-5+. The molecule has 17 heavy (non-hydrogen) atoms. The SMILES string of the molecule is C=C(/C(=C\C)C(C)=O)c1c(F)ccc(F)c1C. The fourth-order valence-corrected chi connectivity index (χ4v) is 1.75. The molecule has 0 aliphatic rings. The Morgan fingerprint density at radius 2 is 1.82 bits per heavy atom. The van der Waals surface area contributed by atoms with Crippen molar-refractivity contribution in [2.24, 2.45) is 0 Å². The maximum Gasteiger partial charge on any atom is 0.160 e. The summed E-state index contributed by atoms with van der Waals surface area (Å²) in [7, 11) is 0. The molecular formula is C14H14F2O.